The van der Waals surface area contributed by atoms with Gasteiger partial charge in [-0.1, -0.05) is 12.8 Å². The molecule has 0 spiro atoms. The average Bonchev–Trinajstić information content (AvgIpc) is 2.56. The van der Waals surface area contributed by atoms with Crippen molar-refractivity contribution in [3.63, 3.8) is 0 Å². The molecule has 4 heteroatoms. The van der Waals surface area contributed by atoms with Crippen LogP contribution in [0.3, 0.4) is 0 Å². The van der Waals surface area contributed by atoms with E-state index in [1.54, 1.807) is 0 Å². The lowest BCUT2D eigenvalue weighted by atomic mass is 10.2. The highest BCUT2D eigenvalue weighted by atomic mass is 16.3. The molecule has 1 saturated heterocycles. The maximum atomic E-state index is 12.1. The molecule has 0 saturated carbocycles. The summed E-state index contributed by atoms with van der Waals surface area (Å²) in [6, 6.07) is -0.217. The molecule has 1 rings (SSSR count). The minimum absolute atomic E-state index is 0.0223. The lowest BCUT2D eigenvalue weighted by Gasteiger charge is -2.26. The van der Waals surface area contributed by atoms with Crippen LogP contribution in [0.2, 0.25) is 0 Å². The Morgan fingerprint density at radius 3 is 2.31 bits per heavy atom. The second-order valence-electron chi connectivity index (χ2n) is 4.71. The summed E-state index contributed by atoms with van der Waals surface area (Å²) in [5.41, 5.74) is 0. The predicted molar refractivity (Wildman–Crippen MR) is 64.2 cm³/mol. The molecule has 2 unspecified atom stereocenters. The smallest absolute Gasteiger partial charge is 0.239 e. The molecule has 1 aliphatic rings. The van der Waals surface area contributed by atoms with Crippen molar-refractivity contribution in [1.29, 1.82) is 0 Å². The second-order valence-corrected chi connectivity index (χ2v) is 4.71. The fourth-order valence-corrected chi connectivity index (χ4v) is 2.12. The molecule has 0 aromatic heterocycles. The maximum Gasteiger partial charge on any atom is 0.239 e. The Kier molecular flexibility index (Phi) is 5.77. The molecule has 1 heterocycles. The van der Waals surface area contributed by atoms with Gasteiger partial charge in [0.2, 0.25) is 5.91 Å². The van der Waals surface area contributed by atoms with E-state index in [-0.39, 0.29) is 24.6 Å². The van der Waals surface area contributed by atoms with E-state index in [1.165, 1.54) is 12.8 Å². The number of carbonyl (C=O) groups is 1. The van der Waals surface area contributed by atoms with Crippen LogP contribution in [0.1, 0.15) is 39.5 Å². The van der Waals surface area contributed by atoms with Crippen molar-refractivity contribution in [2.24, 2.45) is 0 Å². The van der Waals surface area contributed by atoms with Gasteiger partial charge in [0, 0.05) is 19.1 Å². The summed E-state index contributed by atoms with van der Waals surface area (Å²) in [5, 5.41) is 12.0. The summed E-state index contributed by atoms with van der Waals surface area (Å²) < 4.78 is 0. The molecular formula is C12H24N2O2. The van der Waals surface area contributed by atoms with Crippen molar-refractivity contribution >= 4 is 5.91 Å². The Bertz CT molecular complexity index is 213. The molecular weight excluding hydrogens is 204 g/mol. The topological polar surface area (TPSA) is 52.6 Å². The van der Waals surface area contributed by atoms with Gasteiger partial charge in [-0.25, -0.2) is 0 Å². The number of hydrogen-bond donors (Lipinski definition) is 2. The largest absolute Gasteiger partial charge is 0.395 e. The Hall–Kier alpha value is -0.610. The van der Waals surface area contributed by atoms with Gasteiger partial charge in [-0.3, -0.25) is 4.79 Å². The van der Waals surface area contributed by atoms with Crippen LogP contribution in [0.5, 0.6) is 0 Å². The first-order valence-corrected chi connectivity index (χ1v) is 6.31. The zero-order chi connectivity index (χ0) is 12.0. The molecule has 0 radical (unpaired) electrons. The zero-order valence-electron chi connectivity index (χ0n) is 10.4. The number of likely N-dealkylation sites (tertiary alicyclic amines) is 1. The summed E-state index contributed by atoms with van der Waals surface area (Å²) in [4.78, 5) is 14.0. The van der Waals surface area contributed by atoms with Gasteiger partial charge in [-0.15, -0.1) is 0 Å². The van der Waals surface area contributed by atoms with E-state index < -0.39 is 0 Å². The van der Waals surface area contributed by atoms with E-state index >= 15 is 0 Å². The first-order valence-electron chi connectivity index (χ1n) is 6.31. The number of aliphatic hydroxyl groups excluding tert-OH is 1. The Labute approximate surface area is 98.0 Å². The van der Waals surface area contributed by atoms with Crippen LogP contribution in [-0.2, 0) is 4.79 Å². The lowest BCUT2D eigenvalue weighted by molar-refractivity contribution is -0.133. The number of rotatable bonds is 4. The summed E-state index contributed by atoms with van der Waals surface area (Å²) in [5.74, 6) is 0.169. The monoisotopic (exact) mass is 228 g/mol. The molecule has 0 bridgehead atoms. The quantitative estimate of drug-likeness (QED) is 0.746. The van der Waals surface area contributed by atoms with E-state index in [2.05, 4.69) is 5.32 Å². The fraction of sp³-hybridized carbons (Fsp3) is 0.917. The van der Waals surface area contributed by atoms with Crippen LogP contribution >= 0.6 is 0 Å². The van der Waals surface area contributed by atoms with Gasteiger partial charge < -0.3 is 15.3 Å². The first-order chi connectivity index (χ1) is 7.65. The van der Waals surface area contributed by atoms with Crippen molar-refractivity contribution in [2.45, 2.75) is 51.6 Å². The minimum atomic E-state index is -0.194. The number of nitrogens with one attached hydrogen (secondary N) is 1. The van der Waals surface area contributed by atoms with Gasteiger partial charge in [-0.2, -0.15) is 0 Å². The average molecular weight is 228 g/mol. The van der Waals surface area contributed by atoms with Crippen LogP contribution in [0.25, 0.3) is 0 Å². The van der Waals surface area contributed by atoms with E-state index in [9.17, 15) is 4.79 Å². The van der Waals surface area contributed by atoms with Crippen molar-refractivity contribution in [3.8, 4) is 0 Å². The van der Waals surface area contributed by atoms with Crippen molar-refractivity contribution in [2.75, 3.05) is 19.7 Å². The minimum Gasteiger partial charge on any atom is -0.395 e. The highest BCUT2D eigenvalue weighted by Gasteiger charge is 2.21. The third-order valence-electron chi connectivity index (χ3n) is 3.10. The Morgan fingerprint density at radius 2 is 1.81 bits per heavy atom. The zero-order valence-corrected chi connectivity index (χ0v) is 10.4. The third-order valence-corrected chi connectivity index (χ3v) is 3.10. The molecule has 2 atom stereocenters. The van der Waals surface area contributed by atoms with Crippen molar-refractivity contribution in [3.05, 3.63) is 0 Å². The van der Waals surface area contributed by atoms with Gasteiger partial charge in [-0.05, 0) is 26.7 Å². The third kappa shape index (κ3) is 4.10. The Morgan fingerprint density at radius 1 is 1.25 bits per heavy atom. The normalized spacial score (nSPS) is 21.3. The van der Waals surface area contributed by atoms with E-state index in [0.29, 0.717) is 0 Å². The first kappa shape index (κ1) is 13.5. The standard InChI is InChI=1S/C12H24N2O2/c1-10(9-15)13-11(2)12(16)14-7-5-3-4-6-8-14/h10-11,13,15H,3-9H2,1-2H3. The maximum absolute atomic E-state index is 12.1. The SMILES string of the molecule is CC(CO)NC(C)C(=O)N1CCCCCC1. The van der Waals surface area contributed by atoms with Crippen LogP contribution in [-0.4, -0.2) is 47.7 Å². The lowest BCUT2D eigenvalue weighted by Crippen LogP contribution is -2.48. The molecule has 4 nitrogen and oxygen atoms in total. The van der Waals surface area contributed by atoms with Crippen LogP contribution < -0.4 is 5.32 Å². The summed E-state index contributed by atoms with van der Waals surface area (Å²) >= 11 is 0. The van der Waals surface area contributed by atoms with Crippen LogP contribution in [0.4, 0.5) is 0 Å². The molecule has 1 aliphatic heterocycles. The molecule has 1 fully saturated rings. The number of aliphatic hydroxyl groups is 1. The molecule has 94 valence electrons. The number of amides is 1. The van der Waals surface area contributed by atoms with Gasteiger partial charge in [0.1, 0.15) is 0 Å². The molecule has 0 aromatic rings. The highest BCUT2D eigenvalue weighted by molar-refractivity contribution is 5.81. The van der Waals surface area contributed by atoms with Crippen molar-refractivity contribution in [1.82, 2.24) is 10.2 Å². The summed E-state index contributed by atoms with van der Waals surface area (Å²) in [6.45, 7) is 5.60. The summed E-state index contributed by atoms with van der Waals surface area (Å²) in [6.07, 6.45) is 4.71. The highest BCUT2D eigenvalue weighted by Crippen LogP contribution is 2.10. The van der Waals surface area contributed by atoms with Gasteiger partial charge >= 0.3 is 0 Å². The molecule has 16 heavy (non-hydrogen) atoms. The van der Waals surface area contributed by atoms with Gasteiger partial charge in [0.05, 0.1) is 12.6 Å². The Balaban J connectivity index is 2.41. The van der Waals surface area contributed by atoms with Crippen molar-refractivity contribution < 1.29 is 9.90 Å². The van der Waals surface area contributed by atoms with Crippen LogP contribution in [0, 0.1) is 0 Å². The van der Waals surface area contributed by atoms with E-state index in [0.717, 1.165) is 25.9 Å². The number of hydrogen-bond acceptors (Lipinski definition) is 3. The molecule has 1 amide bonds. The molecule has 2 N–H and O–H groups in total. The fourth-order valence-electron chi connectivity index (χ4n) is 2.12. The van der Waals surface area contributed by atoms with Gasteiger partial charge in [0.25, 0.3) is 0 Å². The summed E-state index contributed by atoms with van der Waals surface area (Å²) in [7, 11) is 0. The second kappa shape index (κ2) is 6.86. The van der Waals surface area contributed by atoms with Gasteiger partial charge in [0.15, 0.2) is 0 Å². The molecule has 0 aromatic carbocycles. The number of nitrogens with zero attached hydrogens (tertiary/aromatic N) is 1. The predicted octanol–water partition coefficient (Wildman–Crippen LogP) is 0.748. The van der Waals surface area contributed by atoms with E-state index in [4.69, 9.17) is 5.11 Å². The number of carbonyl (C=O) groups excluding carboxylic acids is 1. The van der Waals surface area contributed by atoms with E-state index in [1.807, 2.05) is 18.7 Å². The molecule has 0 aliphatic carbocycles. The van der Waals surface area contributed by atoms with Crippen LogP contribution in [0.15, 0.2) is 0 Å².